The van der Waals surface area contributed by atoms with Crippen molar-refractivity contribution in [3.8, 4) is 0 Å². The van der Waals surface area contributed by atoms with E-state index >= 15 is 0 Å². The van der Waals surface area contributed by atoms with Gasteiger partial charge in [0.1, 0.15) is 6.10 Å². The van der Waals surface area contributed by atoms with E-state index in [2.05, 4.69) is 101 Å². The molecule has 1 aliphatic rings. The molecule has 0 spiro atoms. The number of carbonyl (C=O) groups excluding carboxylic acids is 1. The van der Waals surface area contributed by atoms with Crippen LogP contribution < -0.4 is 10.6 Å². The molecule has 0 aromatic heterocycles. The van der Waals surface area contributed by atoms with Crippen molar-refractivity contribution in [1.29, 1.82) is 0 Å². The molecule has 4 heteroatoms. The average molecular weight is 535 g/mol. The minimum Gasteiger partial charge on any atom is -0.445 e. The predicted octanol–water partition coefficient (Wildman–Crippen LogP) is 8.55. The molecule has 40 heavy (non-hydrogen) atoms. The third kappa shape index (κ3) is 6.23. The smallest absolute Gasteiger partial charge is 0.411 e. The van der Waals surface area contributed by atoms with Gasteiger partial charge in [-0.3, -0.25) is 5.32 Å². The van der Waals surface area contributed by atoms with Gasteiger partial charge in [-0.1, -0.05) is 126 Å². The van der Waals surface area contributed by atoms with Crippen LogP contribution in [0.5, 0.6) is 0 Å². The first kappa shape index (κ1) is 27.9. The van der Waals surface area contributed by atoms with Gasteiger partial charge in [-0.2, -0.15) is 0 Å². The third-order valence-corrected chi connectivity index (χ3v) is 8.10. The van der Waals surface area contributed by atoms with Crippen molar-refractivity contribution in [2.75, 3.05) is 11.9 Å². The number of rotatable bonds is 5. The van der Waals surface area contributed by atoms with Crippen LogP contribution in [0.15, 0.2) is 91.0 Å². The highest BCUT2D eigenvalue weighted by Gasteiger charge is 2.34. The number of carbonyl (C=O) groups is 1. The van der Waals surface area contributed by atoms with Crippen molar-refractivity contribution < 1.29 is 9.53 Å². The van der Waals surface area contributed by atoms with E-state index in [4.69, 9.17) is 4.74 Å². The second-order valence-electron chi connectivity index (χ2n) is 13.2. The molecule has 1 unspecified atom stereocenters. The van der Waals surface area contributed by atoms with E-state index in [0.717, 1.165) is 22.9 Å². The summed E-state index contributed by atoms with van der Waals surface area (Å²) in [6, 6.07) is 32.2. The Bertz CT molecular complexity index is 1400. The van der Waals surface area contributed by atoms with Crippen LogP contribution in [0.3, 0.4) is 0 Å². The van der Waals surface area contributed by atoms with Gasteiger partial charge in [0.2, 0.25) is 0 Å². The molecule has 1 fully saturated rings. The highest BCUT2D eigenvalue weighted by atomic mass is 16.6. The summed E-state index contributed by atoms with van der Waals surface area (Å²) in [5.74, 6) is 0.151. The summed E-state index contributed by atoms with van der Waals surface area (Å²) in [6.45, 7) is 14.1. The molecule has 2 N–H and O–H groups in total. The fourth-order valence-corrected chi connectivity index (χ4v) is 5.74. The summed E-state index contributed by atoms with van der Waals surface area (Å²) in [6.07, 6.45) is 0.130. The molecule has 1 amide bonds. The van der Waals surface area contributed by atoms with Crippen molar-refractivity contribution >= 4 is 22.6 Å². The average Bonchev–Trinajstić information content (AvgIpc) is 3.36. The molecule has 4 aromatic carbocycles. The summed E-state index contributed by atoms with van der Waals surface area (Å²) in [4.78, 5) is 12.9. The van der Waals surface area contributed by atoms with Gasteiger partial charge in [-0.15, -0.1) is 0 Å². The Kier molecular flexibility index (Phi) is 7.74. The van der Waals surface area contributed by atoms with Crippen molar-refractivity contribution in [1.82, 2.24) is 5.32 Å². The van der Waals surface area contributed by atoms with Gasteiger partial charge in [0.05, 0.1) is 5.69 Å². The molecule has 1 heterocycles. The quantitative estimate of drug-likeness (QED) is 0.270. The Morgan fingerprint density at radius 3 is 1.90 bits per heavy atom. The minimum atomic E-state index is -0.413. The zero-order valence-corrected chi connectivity index (χ0v) is 24.6. The minimum absolute atomic E-state index is 0.102. The molecule has 1 saturated heterocycles. The molecule has 0 saturated carbocycles. The molecule has 2 atom stereocenters. The fourth-order valence-electron chi connectivity index (χ4n) is 5.74. The summed E-state index contributed by atoms with van der Waals surface area (Å²) in [5.41, 5.74) is 6.16. The van der Waals surface area contributed by atoms with Crippen molar-refractivity contribution in [3.05, 3.63) is 113 Å². The van der Waals surface area contributed by atoms with E-state index in [1.54, 1.807) is 0 Å². The number of nitrogens with one attached hydrogen (secondary N) is 2. The number of anilines is 1. The molecule has 4 aromatic rings. The molecule has 0 radical (unpaired) electrons. The Morgan fingerprint density at radius 1 is 0.775 bits per heavy atom. The first-order valence-electron chi connectivity index (χ1n) is 14.4. The molecule has 0 bridgehead atoms. The first-order chi connectivity index (χ1) is 19.0. The lowest BCUT2D eigenvalue weighted by atomic mass is 9.80. The Labute approximate surface area is 239 Å². The summed E-state index contributed by atoms with van der Waals surface area (Å²) >= 11 is 0. The predicted molar refractivity (Wildman–Crippen MR) is 166 cm³/mol. The van der Waals surface area contributed by atoms with Gasteiger partial charge in [0.25, 0.3) is 0 Å². The van der Waals surface area contributed by atoms with Crippen LogP contribution in [-0.4, -0.2) is 24.8 Å². The summed E-state index contributed by atoms with van der Waals surface area (Å²) in [5, 5.41) is 8.74. The molecule has 1 aliphatic heterocycles. The maximum atomic E-state index is 12.9. The summed E-state index contributed by atoms with van der Waals surface area (Å²) < 4.78 is 5.93. The van der Waals surface area contributed by atoms with Crippen LogP contribution >= 0.6 is 0 Å². The van der Waals surface area contributed by atoms with E-state index in [0.29, 0.717) is 6.54 Å². The van der Waals surface area contributed by atoms with Gasteiger partial charge in [-0.25, -0.2) is 4.79 Å². The number of ether oxygens (including phenoxy) is 1. The van der Waals surface area contributed by atoms with Crippen LogP contribution in [-0.2, 0) is 15.6 Å². The van der Waals surface area contributed by atoms with Gasteiger partial charge in [-0.05, 0) is 44.5 Å². The highest BCUT2D eigenvalue weighted by molar-refractivity contribution is 6.00. The van der Waals surface area contributed by atoms with Crippen LogP contribution in [0.4, 0.5) is 10.5 Å². The number of benzene rings is 4. The van der Waals surface area contributed by atoms with Crippen LogP contribution in [0, 0.1) is 0 Å². The zero-order valence-electron chi connectivity index (χ0n) is 24.6. The largest absolute Gasteiger partial charge is 0.445 e. The number of hydrogen-bond acceptors (Lipinski definition) is 3. The second-order valence-corrected chi connectivity index (χ2v) is 13.2. The topological polar surface area (TPSA) is 50.4 Å². The molecular weight excluding hydrogens is 492 g/mol. The van der Waals surface area contributed by atoms with Crippen molar-refractivity contribution in [2.24, 2.45) is 0 Å². The van der Waals surface area contributed by atoms with E-state index in [1.807, 2.05) is 42.5 Å². The lowest BCUT2D eigenvalue weighted by Gasteiger charge is -2.27. The van der Waals surface area contributed by atoms with Gasteiger partial charge in [0, 0.05) is 30.3 Å². The zero-order chi connectivity index (χ0) is 28.5. The van der Waals surface area contributed by atoms with Crippen molar-refractivity contribution in [3.63, 3.8) is 0 Å². The van der Waals surface area contributed by atoms with Crippen molar-refractivity contribution in [2.45, 2.75) is 76.9 Å². The fraction of sp³-hybridized carbons (Fsp3) is 0.361. The van der Waals surface area contributed by atoms with Gasteiger partial charge >= 0.3 is 6.09 Å². The maximum absolute atomic E-state index is 12.9. The second kappa shape index (κ2) is 11.1. The lowest BCUT2D eigenvalue weighted by molar-refractivity contribution is 0.119. The van der Waals surface area contributed by atoms with E-state index < -0.39 is 6.09 Å². The highest BCUT2D eigenvalue weighted by Crippen LogP contribution is 2.35. The van der Waals surface area contributed by atoms with Gasteiger partial charge < -0.3 is 10.1 Å². The Morgan fingerprint density at radius 2 is 1.32 bits per heavy atom. The van der Waals surface area contributed by atoms with Crippen LogP contribution in [0.1, 0.15) is 76.1 Å². The first-order valence-corrected chi connectivity index (χ1v) is 14.4. The van der Waals surface area contributed by atoms with E-state index in [1.165, 1.54) is 22.3 Å². The number of hydrogen-bond donors (Lipinski definition) is 2. The molecule has 5 rings (SSSR count). The molecule has 208 valence electrons. The number of fused-ring (bicyclic) bond motifs is 1. The van der Waals surface area contributed by atoms with Crippen LogP contribution in [0.2, 0.25) is 0 Å². The summed E-state index contributed by atoms with van der Waals surface area (Å²) in [7, 11) is 0. The standard InChI is InChI=1S/C36H42N2O2/c1-35(2,3)27-18-14-25(15-19-27)33(26-16-20-28(21-17-26)36(4,5)6)32-22-29(23-37-32)40-34(39)38-31-13-9-11-24-10-7-8-12-30(24)31/h7-21,29,32-33,37H,22-23H2,1-6H3,(H,38,39)/t29-,32?/m1/s1. The Balaban J connectivity index is 1.34. The Hall–Kier alpha value is -3.63. The maximum Gasteiger partial charge on any atom is 0.411 e. The van der Waals surface area contributed by atoms with Crippen LogP contribution in [0.25, 0.3) is 10.8 Å². The number of amides is 1. The normalized spacial score (nSPS) is 17.8. The van der Waals surface area contributed by atoms with E-state index in [-0.39, 0.29) is 28.9 Å². The van der Waals surface area contributed by atoms with E-state index in [9.17, 15) is 4.79 Å². The third-order valence-electron chi connectivity index (χ3n) is 8.10. The lowest BCUT2D eigenvalue weighted by Crippen LogP contribution is -2.30. The van der Waals surface area contributed by atoms with Gasteiger partial charge in [0.15, 0.2) is 0 Å². The SMILES string of the molecule is CC(C)(C)c1ccc(C(c2ccc(C(C)(C)C)cc2)C2C[C@@H](OC(=O)Nc3cccc4ccccc34)CN2)cc1. The molecule has 4 nitrogen and oxygen atoms in total. The molecular formula is C36H42N2O2. The monoisotopic (exact) mass is 534 g/mol. The molecule has 0 aliphatic carbocycles.